The molecule has 0 aliphatic heterocycles. The molecule has 1 aromatic carbocycles. The Hall–Kier alpha value is -2.14. The fourth-order valence-corrected chi connectivity index (χ4v) is 3.25. The molecule has 1 aromatic heterocycles. The number of nitrogens with zero attached hydrogens (tertiary/aromatic N) is 3. The SMILES string of the molecule is CCC(C)c1ccc(C(NCC(=O)N(C)Cc2cnn(C)c2)C(C)C)cc1. The molecule has 0 radical (unpaired) electrons. The maximum absolute atomic E-state index is 12.5. The lowest BCUT2D eigenvalue weighted by Gasteiger charge is -2.25. The minimum absolute atomic E-state index is 0.0840. The number of carbonyl (C=O) groups is 1. The molecule has 0 bridgehead atoms. The molecule has 1 amide bonds. The number of benzene rings is 1. The molecule has 1 heterocycles. The highest BCUT2D eigenvalue weighted by Gasteiger charge is 2.18. The van der Waals surface area contributed by atoms with Gasteiger partial charge in [0.25, 0.3) is 0 Å². The third kappa shape index (κ3) is 5.93. The van der Waals surface area contributed by atoms with Crippen LogP contribution < -0.4 is 5.32 Å². The molecular formula is C22H34N4O. The van der Waals surface area contributed by atoms with Gasteiger partial charge in [-0.3, -0.25) is 9.48 Å². The number of hydrogen-bond donors (Lipinski definition) is 1. The molecule has 2 aromatic rings. The Labute approximate surface area is 163 Å². The molecule has 2 atom stereocenters. The lowest BCUT2D eigenvalue weighted by Crippen LogP contribution is -2.38. The highest BCUT2D eigenvalue weighted by molar-refractivity contribution is 5.78. The summed E-state index contributed by atoms with van der Waals surface area (Å²) >= 11 is 0. The number of aryl methyl sites for hydroxylation is 1. The Morgan fingerprint density at radius 2 is 1.81 bits per heavy atom. The van der Waals surface area contributed by atoms with Gasteiger partial charge in [0.2, 0.25) is 5.91 Å². The van der Waals surface area contributed by atoms with Crippen molar-refractivity contribution in [2.24, 2.45) is 13.0 Å². The van der Waals surface area contributed by atoms with Crippen LogP contribution in [-0.4, -0.2) is 34.2 Å². The normalized spacial score (nSPS) is 13.6. The molecule has 2 unspecified atom stereocenters. The Morgan fingerprint density at radius 3 is 2.33 bits per heavy atom. The van der Waals surface area contributed by atoms with Crippen LogP contribution in [0.25, 0.3) is 0 Å². The first-order valence-corrected chi connectivity index (χ1v) is 9.86. The first-order valence-electron chi connectivity index (χ1n) is 9.86. The van der Waals surface area contributed by atoms with Gasteiger partial charge in [-0.1, -0.05) is 52.0 Å². The van der Waals surface area contributed by atoms with Crippen LogP contribution in [0.5, 0.6) is 0 Å². The average molecular weight is 371 g/mol. The number of carbonyl (C=O) groups excluding carboxylic acids is 1. The molecule has 0 saturated heterocycles. The van der Waals surface area contributed by atoms with Gasteiger partial charge in [0.15, 0.2) is 0 Å². The van der Waals surface area contributed by atoms with Crippen LogP contribution in [0, 0.1) is 5.92 Å². The minimum atomic E-state index is 0.0840. The van der Waals surface area contributed by atoms with Gasteiger partial charge in [0.05, 0.1) is 12.7 Å². The van der Waals surface area contributed by atoms with Gasteiger partial charge < -0.3 is 10.2 Å². The summed E-state index contributed by atoms with van der Waals surface area (Å²) in [7, 11) is 3.72. The summed E-state index contributed by atoms with van der Waals surface area (Å²) in [5.74, 6) is 1.06. The van der Waals surface area contributed by atoms with Gasteiger partial charge in [0.1, 0.15) is 0 Å². The molecule has 0 aliphatic carbocycles. The summed E-state index contributed by atoms with van der Waals surface area (Å²) in [6, 6.07) is 8.99. The quantitative estimate of drug-likeness (QED) is 0.729. The summed E-state index contributed by atoms with van der Waals surface area (Å²) in [5, 5.41) is 7.61. The molecule has 1 N–H and O–H groups in total. The molecule has 0 saturated carbocycles. The van der Waals surface area contributed by atoms with Crippen LogP contribution in [-0.2, 0) is 18.4 Å². The smallest absolute Gasteiger partial charge is 0.236 e. The molecule has 0 aliphatic rings. The van der Waals surface area contributed by atoms with Gasteiger partial charge in [0, 0.05) is 38.4 Å². The second-order valence-electron chi connectivity index (χ2n) is 7.85. The predicted octanol–water partition coefficient (Wildman–Crippen LogP) is 3.88. The number of rotatable bonds is 9. The van der Waals surface area contributed by atoms with E-state index in [9.17, 15) is 4.79 Å². The topological polar surface area (TPSA) is 50.2 Å². The lowest BCUT2D eigenvalue weighted by atomic mass is 9.92. The van der Waals surface area contributed by atoms with E-state index in [1.54, 1.807) is 15.8 Å². The third-order valence-corrected chi connectivity index (χ3v) is 5.22. The van der Waals surface area contributed by atoms with Crippen LogP contribution in [0.1, 0.15) is 62.8 Å². The summed E-state index contributed by atoms with van der Waals surface area (Å²) in [6.07, 6.45) is 4.88. The minimum Gasteiger partial charge on any atom is -0.340 e. The number of nitrogens with one attached hydrogen (secondary N) is 1. The van der Waals surface area contributed by atoms with E-state index in [1.807, 2.05) is 20.3 Å². The summed E-state index contributed by atoms with van der Waals surface area (Å²) < 4.78 is 1.75. The van der Waals surface area contributed by atoms with E-state index in [1.165, 1.54) is 11.1 Å². The van der Waals surface area contributed by atoms with E-state index in [0.29, 0.717) is 24.9 Å². The Kier molecular flexibility index (Phi) is 7.60. The van der Waals surface area contributed by atoms with Crippen molar-refractivity contribution in [3.8, 4) is 0 Å². The van der Waals surface area contributed by atoms with Crippen molar-refractivity contribution in [2.75, 3.05) is 13.6 Å². The van der Waals surface area contributed by atoms with Gasteiger partial charge in [-0.25, -0.2) is 0 Å². The fourth-order valence-electron chi connectivity index (χ4n) is 3.25. The van der Waals surface area contributed by atoms with Gasteiger partial charge in [-0.2, -0.15) is 5.10 Å². The first kappa shape index (κ1) is 21.2. The van der Waals surface area contributed by atoms with Gasteiger partial charge >= 0.3 is 0 Å². The molecule has 27 heavy (non-hydrogen) atoms. The summed E-state index contributed by atoms with van der Waals surface area (Å²) in [4.78, 5) is 14.3. The van der Waals surface area contributed by atoms with Crippen molar-refractivity contribution in [3.05, 3.63) is 53.3 Å². The van der Waals surface area contributed by atoms with Crippen molar-refractivity contribution in [3.63, 3.8) is 0 Å². The van der Waals surface area contributed by atoms with Crippen molar-refractivity contribution < 1.29 is 4.79 Å². The Balaban J connectivity index is 1.96. The van der Waals surface area contributed by atoms with Crippen LogP contribution in [0.2, 0.25) is 0 Å². The number of hydrogen-bond acceptors (Lipinski definition) is 3. The Bertz CT molecular complexity index is 720. The van der Waals surface area contributed by atoms with Crippen LogP contribution in [0.4, 0.5) is 0 Å². The molecule has 5 heteroatoms. The van der Waals surface area contributed by atoms with E-state index >= 15 is 0 Å². The van der Waals surface area contributed by atoms with Crippen LogP contribution in [0.3, 0.4) is 0 Å². The van der Waals surface area contributed by atoms with Crippen molar-refractivity contribution in [1.29, 1.82) is 0 Å². The molecular weight excluding hydrogens is 336 g/mol. The molecule has 0 spiro atoms. The molecule has 5 nitrogen and oxygen atoms in total. The summed E-state index contributed by atoms with van der Waals surface area (Å²) in [6.45, 7) is 9.74. The van der Waals surface area contributed by atoms with E-state index in [0.717, 1.165) is 12.0 Å². The zero-order chi connectivity index (χ0) is 20.0. The van der Waals surface area contributed by atoms with Crippen molar-refractivity contribution in [1.82, 2.24) is 20.0 Å². The largest absolute Gasteiger partial charge is 0.340 e. The van der Waals surface area contributed by atoms with Gasteiger partial charge in [-0.05, 0) is 29.4 Å². The maximum atomic E-state index is 12.5. The zero-order valence-corrected chi connectivity index (χ0v) is 17.6. The predicted molar refractivity (Wildman–Crippen MR) is 110 cm³/mol. The van der Waals surface area contributed by atoms with E-state index in [2.05, 4.69) is 62.4 Å². The second kappa shape index (κ2) is 9.70. The maximum Gasteiger partial charge on any atom is 0.236 e. The summed E-state index contributed by atoms with van der Waals surface area (Å²) in [5.41, 5.74) is 3.64. The zero-order valence-electron chi connectivity index (χ0n) is 17.6. The average Bonchev–Trinajstić information content (AvgIpc) is 3.05. The van der Waals surface area contributed by atoms with Crippen molar-refractivity contribution >= 4 is 5.91 Å². The second-order valence-corrected chi connectivity index (χ2v) is 7.85. The first-order chi connectivity index (χ1) is 12.8. The molecule has 148 valence electrons. The third-order valence-electron chi connectivity index (χ3n) is 5.22. The number of likely N-dealkylation sites (N-methyl/N-ethyl adjacent to an activating group) is 1. The molecule has 0 fully saturated rings. The van der Waals surface area contributed by atoms with E-state index < -0.39 is 0 Å². The Morgan fingerprint density at radius 1 is 1.19 bits per heavy atom. The fraction of sp³-hybridized carbons (Fsp3) is 0.545. The molecule has 2 rings (SSSR count). The van der Waals surface area contributed by atoms with Gasteiger partial charge in [-0.15, -0.1) is 0 Å². The standard InChI is InChI=1S/C22H34N4O/c1-7-17(4)19-8-10-20(11-9-19)22(16(2)3)23-13-21(27)25(5)14-18-12-24-26(6)15-18/h8-12,15-17,22-23H,7,13-14H2,1-6H3. The lowest BCUT2D eigenvalue weighted by molar-refractivity contribution is -0.129. The monoisotopic (exact) mass is 370 g/mol. The number of aromatic nitrogens is 2. The van der Waals surface area contributed by atoms with Crippen molar-refractivity contribution in [2.45, 2.75) is 52.6 Å². The van der Waals surface area contributed by atoms with Crippen LogP contribution in [0.15, 0.2) is 36.7 Å². The van der Waals surface area contributed by atoms with Crippen LogP contribution >= 0.6 is 0 Å². The van der Waals surface area contributed by atoms with E-state index in [4.69, 9.17) is 0 Å². The highest BCUT2D eigenvalue weighted by Crippen LogP contribution is 2.25. The highest BCUT2D eigenvalue weighted by atomic mass is 16.2. The van der Waals surface area contributed by atoms with E-state index in [-0.39, 0.29) is 11.9 Å². The number of amides is 1.